The molecule has 31 heavy (non-hydrogen) atoms. The molecule has 3 N–H and O–H groups in total. The molecule has 0 spiro atoms. The topological polar surface area (TPSA) is 87.4 Å². The maximum Gasteiger partial charge on any atom is 0.248 e. The van der Waals surface area contributed by atoms with Crippen LogP contribution in [0.3, 0.4) is 0 Å². The number of amides is 1. The van der Waals surface area contributed by atoms with Crippen LogP contribution in [-0.4, -0.2) is 59.0 Å². The molecular formula is C24H32N6O. The third-order valence-corrected chi connectivity index (χ3v) is 7.02. The lowest BCUT2D eigenvalue weighted by atomic mass is 9.95. The first-order chi connectivity index (χ1) is 15.2. The summed E-state index contributed by atoms with van der Waals surface area (Å²) < 4.78 is 0. The lowest BCUT2D eigenvalue weighted by molar-refractivity contribution is 0.1000. The van der Waals surface area contributed by atoms with Gasteiger partial charge in [-0.25, -0.2) is 9.97 Å². The summed E-state index contributed by atoms with van der Waals surface area (Å²) in [7, 11) is 0. The number of hydrogen-bond donors (Lipinski definition) is 2. The van der Waals surface area contributed by atoms with Gasteiger partial charge in [0.1, 0.15) is 11.6 Å². The van der Waals surface area contributed by atoms with E-state index in [0.717, 1.165) is 42.5 Å². The number of primary amides is 1. The van der Waals surface area contributed by atoms with Crippen molar-refractivity contribution in [3.8, 4) is 11.3 Å². The average Bonchev–Trinajstić information content (AvgIpc) is 3.27. The molecule has 7 heteroatoms. The van der Waals surface area contributed by atoms with Crippen LogP contribution < -0.4 is 16.0 Å². The van der Waals surface area contributed by atoms with Crippen LogP contribution in [0.15, 0.2) is 30.5 Å². The molecule has 0 unspecified atom stereocenters. The SMILES string of the molecule is NC(=O)c1cc(-c2ccnc(NC3CCCCC3)c2)nc(N2CCN3CCC[C@@H]3C2)c1. The van der Waals surface area contributed by atoms with Crippen LogP contribution in [0.25, 0.3) is 11.3 Å². The van der Waals surface area contributed by atoms with E-state index >= 15 is 0 Å². The summed E-state index contributed by atoms with van der Waals surface area (Å²) in [5.41, 5.74) is 7.92. The summed E-state index contributed by atoms with van der Waals surface area (Å²) in [6.07, 6.45) is 10.6. The van der Waals surface area contributed by atoms with Crippen LogP contribution in [-0.2, 0) is 0 Å². The number of nitrogens with two attached hydrogens (primary N) is 1. The quantitative estimate of drug-likeness (QED) is 0.772. The van der Waals surface area contributed by atoms with Crippen molar-refractivity contribution in [1.29, 1.82) is 0 Å². The number of fused-ring (bicyclic) bond motifs is 1. The molecule has 2 aliphatic heterocycles. The predicted octanol–water partition coefficient (Wildman–Crippen LogP) is 3.27. The second kappa shape index (κ2) is 8.83. The zero-order valence-corrected chi connectivity index (χ0v) is 18.1. The Kier molecular flexibility index (Phi) is 5.76. The van der Waals surface area contributed by atoms with Gasteiger partial charge in [0.15, 0.2) is 0 Å². The first-order valence-electron chi connectivity index (χ1n) is 11.7. The van der Waals surface area contributed by atoms with E-state index in [1.165, 1.54) is 51.5 Å². The van der Waals surface area contributed by atoms with E-state index in [1.54, 1.807) is 6.07 Å². The summed E-state index contributed by atoms with van der Waals surface area (Å²) >= 11 is 0. The molecule has 3 fully saturated rings. The van der Waals surface area contributed by atoms with Gasteiger partial charge in [-0.3, -0.25) is 9.69 Å². The van der Waals surface area contributed by atoms with E-state index in [4.69, 9.17) is 10.7 Å². The molecule has 2 aromatic rings. The molecule has 0 aromatic carbocycles. The third-order valence-electron chi connectivity index (χ3n) is 7.02. The first kappa shape index (κ1) is 20.2. The van der Waals surface area contributed by atoms with E-state index < -0.39 is 5.91 Å². The number of pyridine rings is 2. The molecule has 0 radical (unpaired) electrons. The highest BCUT2D eigenvalue weighted by Gasteiger charge is 2.31. The number of hydrogen-bond acceptors (Lipinski definition) is 6. The zero-order valence-electron chi connectivity index (χ0n) is 18.1. The highest BCUT2D eigenvalue weighted by molar-refractivity contribution is 5.94. The molecule has 1 atom stereocenters. The van der Waals surface area contributed by atoms with Crippen LogP contribution in [0.2, 0.25) is 0 Å². The van der Waals surface area contributed by atoms with Gasteiger partial charge in [0, 0.05) is 49.0 Å². The molecule has 1 aliphatic carbocycles. The predicted molar refractivity (Wildman–Crippen MR) is 123 cm³/mol. The number of nitrogens with one attached hydrogen (secondary N) is 1. The van der Waals surface area contributed by atoms with Crippen LogP contribution in [0.1, 0.15) is 55.3 Å². The third kappa shape index (κ3) is 4.51. The van der Waals surface area contributed by atoms with Gasteiger partial charge in [0.25, 0.3) is 0 Å². The van der Waals surface area contributed by atoms with Crippen LogP contribution >= 0.6 is 0 Å². The Hall–Kier alpha value is -2.67. The molecule has 4 heterocycles. The molecule has 5 rings (SSSR count). The van der Waals surface area contributed by atoms with Gasteiger partial charge in [0.2, 0.25) is 5.91 Å². The molecule has 2 aromatic heterocycles. The lowest BCUT2D eigenvalue weighted by Crippen LogP contribution is -2.50. The Morgan fingerprint density at radius 3 is 2.74 bits per heavy atom. The molecule has 3 aliphatic rings. The van der Waals surface area contributed by atoms with Gasteiger partial charge in [-0.1, -0.05) is 19.3 Å². The minimum Gasteiger partial charge on any atom is -0.367 e. The maximum atomic E-state index is 12.1. The van der Waals surface area contributed by atoms with E-state index in [0.29, 0.717) is 17.6 Å². The summed E-state index contributed by atoms with van der Waals surface area (Å²) in [6.45, 7) is 4.13. The van der Waals surface area contributed by atoms with Crippen molar-refractivity contribution in [3.05, 3.63) is 36.0 Å². The monoisotopic (exact) mass is 420 g/mol. The van der Waals surface area contributed by atoms with Crippen molar-refractivity contribution in [2.75, 3.05) is 36.4 Å². The first-order valence-corrected chi connectivity index (χ1v) is 11.7. The van der Waals surface area contributed by atoms with E-state index in [9.17, 15) is 4.79 Å². The Balaban J connectivity index is 1.42. The smallest absolute Gasteiger partial charge is 0.248 e. The molecule has 7 nitrogen and oxygen atoms in total. The van der Waals surface area contributed by atoms with Crippen molar-refractivity contribution < 1.29 is 4.79 Å². The van der Waals surface area contributed by atoms with E-state index in [-0.39, 0.29) is 0 Å². The van der Waals surface area contributed by atoms with Gasteiger partial charge >= 0.3 is 0 Å². The number of carbonyl (C=O) groups excluding carboxylic acids is 1. The Morgan fingerprint density at radius 1 is 1.03 bits per heavy atom. The van der Waals surface area contributed by atoms with Gasteiger partial charge in [-0.15, -0.1) is 0 Å². The second-order valence-electron chi connectivity index (χ2n) is 9.15. The van der Waals surface area contributed by atoms with Crippen LogP contribution in [0.5, 0.6) is 0 Å². The van der Waals surface area contributed by atoms with Crippen molar-refractivity contribution in [3.63, 3.8) is 0 Å². The van der Waals surface area contributed by atoms with Crippen LogP contribution in [0.4, 0.5) is 11.6 Å². The molecule has 164 valence electrons. The Morgan fingerprint density at radius 2 is 1.90 bits per heavy atom. The van der Waals surface area contributed by atoms with E-state index in [1.807, 2.05) is 24.4 Å². The zero-order chi connectivity index (χ0) is 21.2. The number of carbonyl (C=O) groups is 1. The van der Waals surface area contributed by atoms with Gasteiger partial charge in [0.05, 0.1) is 5.69 Å². The van der Waals surface area contributed by atoms with Crippen molar-refractivity contribution in [2.24, 2.45) is 5.73 Å². The fourth-order valence-corrected chi connectivity index (χ4v) is 5.29. The number of aromatic nitrogens is 2. The number of piperazine rings is 1. The number of nitrogens with zero attached hydrogens (tertiary/aromatic N) is 4. The average molecular weight is 421 g/mol. The van der Waals surface area contributed by atoms with Gasteiger partial charge < -0.3 is 16.0 Å². The van der Waals surface area contributed by atoms with Gasteiger partial charge in [-0.2, -0.15) is 0 Å². The number of anilines is 2. The van der Waals surface area contributed by atoms with E-state index in [2.05, 4.69) is 20.1 Å². The summed E-state index contributed by atoms with van der Waals surface area (Å²) in [4.78, 5) is 26.4. The molecule has 1 amide bonds. The summed E-state index contributed by atoms with van der Waals surface area (Å²) in [5.74, 6) is 1.30. The second-order valence-corrected chi connectivity index (χ2v) is 9.15. The molecular weight excluding hydrogens is 388 g/mol. The molecule has 1 saturated carbocycles. The lowest BCUT2D eigenvalue weighted by Gasteiger charge is -2.38. The summed E-state index contributed by atoms with van der Waals surface area (Å²) in [6, 6.07) is 8.72. The Labute approximate surface area is 184 Å². The fourth-order valence-electron chi connectivity index (χ4n) is 5.29. The van der Waals surface area contributed by atoms with Crippen molar-refractivity contribution in [1.82, 2.24) is 14.9 Å². The largest absolute Gasteiger partial charge is 0.367 e. The summed E-state index contributed by atoms with van der Waals surface area (Å²) in [5, 5.41) is 3.59. The van der Waals surface area contributed by atoms with Crippen molar-refractivity contribution in [2.45, 2.75) is 57.0 Å². The Bertz CT molecular complexity index is 941. The minimum atomic E-state index is -0.418. The number of rotatable bonds is 5. The fraction of sp³-hybridized carbons (Fsp3) is 0.542. The highest BCUT2D eigenvalue weighted by Crippen LogP contribution is 2.29. The maximum absolute atomic E-state index is 12.1. The highest BCUT2D eigenvalue weighted by atomic mass is 16.1. The standard InChI is InChI=1S/C24H32N6O/c25-24(31)18-13-21(17-8-9-26-22(14-17)27-19-5-2-1-3-6-19)28-23(15-18)30-12-11-29-10-4-7-20(29)16-30/h8-9,13-15,19-20H,1-7,10-12,16H2,(H2,25,31)(H,26,27)/t20-/m1/s1. The minimum absolute atomic E-state index is 0.418. The van der Waals surface area contributed by atoms with Gasteiger partial charge in [-0.05, 0) is 56.5 Å². The molecule has 2 saturated heterocycles. The van der Waals surface area contributed by atoms with Crippen molar-refractivity contribution >= 4 is 17.5 Å². The molecule has 0 bridgehead atoms. The van der Waals surface area contributed by atoms with Crippen LogP contribution in [0, 0.1) is 0 Å². The normalized spacial score (nSPS) is 22.3.